The molecule has 0 aromatic heterocycles. The van der Waals surface area contributed by atoms with Gasteiger partial charge in [-0.2, -0.15) is 0 Å². The number of carbonyl (C=O) groups is 1. The summed E-state index contributed by atoms with van der Waals surface area (Å²) in [6, 6.07) is 6.23. The molecule has 3 rings (SSSR count). The number of hydrogen-bond acceptors (Lipinski definition) is 2. The molecule has 2 aliphatic heterocycles. The highest BCUT2D eigenvalue weighted by Crippen LogP contribution is 2.38. The fourth-order valence-corrected chi connectivity index (χ4v) is 2.35. The van der Waals surface area contributed by atoms with Crippen LogP contribution in [0.3, 0.4) is 0 Å². The Hall–Kier alpha value is -1.35. The van der Waals surface area contributed by atoms with Gasteiger partial charge in [0.2, 0.25) is 5.91 Å². The molecule has 1 N–H and O–H groups in total. The summed E-state index contributed by atoms with van der Waals surface area (Å²) in [7, 11) is 0. The number of nitrogens with one attached hydrogen (secondary N) is 1. The molecule has 0 spiro atoms. The highest BCUT2D eigenvalue weighted by atomic mass is 16.5. The monoisotopic (exact) mass is 217 g/mol. The summed E-state index contributed by atoms with van der Waals surface area (Å²) in [6.07, 6.45) is 2.51. The SMILES string of the molecule is CC1(c2ccc3c(c2)CCC(=O)N3)CCO1. The van der Waals surface area contributed by atoms with Crippen LogP contribution in [0, 0.1) is 0 Å². The molecule has 3 nitrogen and oxygen atoms in total. The summed E-state index contributed by atoms with van der Waals surface area (Å²) >= 11 is 0. The molecule has 84 valence electrons. The van der Waals surface area contributed by atoms with Crippen molar-refractivity contribution in [2.24, 2.45) is 0 Å². The van der Waals surface area contributed by atoms with Crippen LogP contribution in [0.15, 0.2) is 18.2 Å². The van der Waals surface area contributed by atoms with Gasteiger partial charge in [-0.25, -0.2) is 0 Å². The van der Waals surface area contributed by atoms with Crippen molar-refractivity contribution >= 4 is 11.6 Å². The third-order valence-electron chi connectivity index (χ3n) is 3.61. The fraction of sp³-hybridized carbons (Fsp3) is 0.462. The lowest BCUT2D eigenvalue weighted by atomic mass is 9.86. The molecule has 1 aromatic rings. The molecule has 1 aromatic carbocycles. The van der Waals surface area contributed by atoms with Crippen molar-refractivity contribution in [3.05, 3.63) is 29.3 Å². The number of aryl methyl sites for hydroxylation is 1. The average molecular weight is 217 g/mol. The zero-order chi connectivity index (χ0) is 11.2. The summed E-state index contributed by atoms with van der Waals surface area (Å²) < 4.78 is 5.63. The van der Waals surface area contributed by atoms with Gasteiger partial charge in [-0.1, -0.05) is 12.1 Å². The van der Waals surface area contributed by atoms with Crippen LogP contribution in [0.25, 0.3) is 0 Å². The lowest BCUT2D eigenvalue weighted by molar-refractivity contribution is -0.140. The maximum absolute atomic E-state index is 11.2. The van der Waals surface area contributed by atoms with Crippen LogP contribution in [0.2, 0.25) is 0 Å². The second kappa shape index (κ2) is 3.32. The lowest BCUT2D eigenvalue weighted by Crippen LogP contribution is -2.37. The van der Waals surface area contributed by atoms with Crippen LogP contribution < -0.4 is 5.32 Å². The molecule has 1 amide bonds. The molecule has 0 saturated carbocycles. The van der Waals surface area contributed by atoms with Gasteiger partial charge in [-0.3, -0.25) is 4.79 Å². The molecule has 1 unspecified atom stereocenters. The normalized spacial score (nSPS) is 27.9. The Morgan fingerprint density at radius 3 is 2.88 bits per heavy atom. The van der Waals surface area contributed by atoms with Crippen molar-refractivity contribution in [2.75, 3.05) is 11.9 Å². The Morgan fingerprint density at radius 1 is 1.38 bits per heavy atom. The van der Waals surface area contributed by atoms with Crippen LogP contribution in [0.5, 0.6) is 0 Å². The van der Waals surface area contributed by atoms with Gasteiger partial charge in [0.1, 0.15) is 0 Å². The van der Waals surface area contributed by atoms with Crippen molar-refractivity contribution in [1.82, 2.24) is 0 Å². The molecule has 0 bridgehead atoms. The maximum atomic E-state index is 11.2. The Labute approximate surface area is 94.8 Å². The van der Waals surface area contributed by atoms with E-state index in [0.717, 1.165) is 25.1 Å². The molecule has 2 aliphatic rings. The molecular weight excluding hydrogens is 202 g/mol. The van der Waals surface area contributed by atoms with E-state index in [1.54, 1.807) is 0 Å². The summed E-state index contributed by atoms with van der Waals surface area (Å²) in [4.78, 5) is 11.2. The van der Waals surface area contributed by atoms with Gasteiger partial charge in [0.05, 0.1) is 12.2 Å². The Kier molecular flexibility index (Phi) is 2.04. The van der Waals surface area contributed by atoms with Crippen molar-refractivity contribution in [2.45, 2.75) is 31.8 Å². The van der Waals surface area contributed by atoms with Crippen LogP contribution in [-0.4, -0.2) is 12.5 Å². The molecule has 1 atom stereocenters. The van der Waals surface area contributed by atoms with Crippen molar-refractivity contribution < 1.29 is 9.53 Å². The van der Waals surface area contributed by atoms with Gasteiger partial charge in [-0.15, -0.1) is 0 Å². The van der Waals surface area contributed by atoms with Crippen LogP contribution in [-0.2, 0) is 21.6 Å². The fourth-order valence-electron chi connectivity index (χ4n) is 2.35. The van der Waals surface area contributed by atoms with Crippen LogP contribution in [0.1, 0.15) is 30.9 Å². The number of anilines is 1. The molecule has 3 heteroatoms. The van der Waals surface area contributed by atoms with E-state index in [1.165, 1.54) is 11.1 Å². The Morgan fingerprint density at radius 2 is 2.19 bits per heavy atom. The number of amides is 1. The zero-order valence-electron chi connectivity index (χ0n) is 9.38. The van der Waals surface area contributed by atoms with Crippen molar-refractivity contribution in [1.29, 1.82) is 0 Å². The van der Waals surface area contributed by atoms with E-state index in [0.29, 0.717) is 6.42 Å². The van der Waals surface area contributed by atoms with E-state index in [2.05, 4.69) is 24.4 Å². The highest BCUT2D eigenvalue weighted by molar-refractivity contribution is 5.93. The largest absolute Gasteiger partial charge is 0.370 e. The minimum atomic E-state index is -0.101. The van der Waals surface area contributed by atoms with Crippen LogP contribution in [0.4, 0.5) is 5.69 Å². The average Bonchev–Trinajstić information content (AvgIpc) is 2.25. The first kappa shape index (κ1) is 9.85. The minimum absolute atomic E-state index is 0.101. The van der Waals surface area contributed by atoms with Gasteiger partial charge in [0, 0.05) is 18.5 Å². The molecule has 2 heterocycles. The van der Waals surface area contributed by atoms with Crippen molar-refractivity contribution in [3.8, 4) is 0 Å². The molecule has 1 saturated heterocycles. The van der Waals surface area contributed by atoms with Gasteiger partial charge in [-0.05, 0) is 30.5 Å². The third-order valence-corrected chi connectivity index (χ3v) is 3.61. The first-order valence-electron chi connectivity index (χ1n) is 5.75. The molecule has 0 aliphatic carbocycles. The van der Waals surface area contributed by atoms with Gasteiger partial charge < -0.3 is 10.1 Å². The zero-order valence-corrected chi connectivity index (χ0v) is 9.38. The van der Waals surface area contributed by atoms with E-state index in [9.17, 15) is 4.79 Å². The number of carbonyl (C=O) groups excluding carboxylic acids is 1. The van der Waals surface area contributed by atoms with E-state index in [1.807, 2.05) is 6.07 Å². The van der Waals surface area contributed by atoms with E-state index in [4.69, 9.17) is 4.74 Å². The van der Waals surface area contributed by atoms with E-state index in [-0.39, 0.29) is 11.5 Å². The Balaban J connectivity index is 1.96. The topological polar surface area (TPSA) is 38.3 Å². The van der Waals surface area contributed by atoms with Gasteiger partial charge in [0.25, 0.3) is 0 Å². The predicted molar refractivity (Wildman–Crippen MR) is 61.3 cm³/mol. The molecule has 0 radical (unpaired) electrons. The predicted octanol–water partition coefficient (Wildman–Crippen LogP) is 2.21. The number of ether oxygens (including phenoxy) is 1. The second-order valence-corrected chi connectivity index (χ2v) is 4.75. The number of rotatable bonds is 1. The minimum Gasteiger partial charge on any atom is -0.370 e. The summed E-state index contributed by atoms with van der Waals surface area (Å²) in [5, 5.41) is 2.89. The first-order valence-corrected chi connectivity index (χ1v) is 5.75. The molecule has 16 heavy (non-hydrogen) atoms. The standard InChI is InChI=1S/C13H15NO2/c1-13(6-7-16-13)10-3-4-11-9(8-10)2-5-12(15)14-11/h3-4,8H,2,5-7H2,1H3,(H,14,15). The summed E-state index contributed by atoms with van der Waals surface area (Å²) in [5.41, 5.74) is 3.32. The van der Waals surface area contributed by atoms with Gasteiger partial charge in [0.15, 0.2) is 0 Å². The lowest BCUT2D eigenvalue weighted by Gasteiger charge is -2.39. The smallest absolute Gasteiger partial charge is 0.224 e. The third kappa shape index (κ3) is 1.43. The van der Waals surface area contributed by atoms with E-state index >= 15 is 0 Å². The molecule has 1 fully saturated rings. The first-order chi connectivity index (χ1) is 7.67. The highest BCUT2D eigenvalue weighted by Gasteiger charge is 2.35. The summed E-state index contributed by atoms with van der Waals surface area (Å²) in [6.45, 7) is 2.98. The number of fused-ring (bicyclic) bond motifs is 1. The number of benzene rings is 1. The van der Waals surface area contributed by atoms with E-state index < -0.39 is 0 Å². The van der Waals surface area contributed by atoms with Crippen LogP contribution >= 0.6 is 0 Å². The van der Waals surface area contributed by atoms with Gasteiger partial charge >= 0.3 is 0 Å². The quantitative estimate of drug-likeness (QED) is 0.783. The number of hydrogen-bond donors (Lipinski definition) is 1. The maximum Gasteiger partial charge on any atom is 0.224 e. The summed E-state index contributed by atoms with van der Waals surface area (Å²) in [5.74, 6) is 0.117. The molecular formula is C13H15NO2. The van der Waals surface area contributed by atoms with Crippen molar-refractivity contribution in [3.63, 3.8) is 0 Å². The second-order valence-electron chi connectivity index (χ2n) is 4.75. The Bertz CT molecular complexity index is 449.